The fourth-order valence-electron chi connectivity index (χ4n) is 1.28. The molecule has 1 heterocycles. The maximum Gasteiger partial charge on any atom is 0.408 e. The second kappa shape index (κ2) is 5.62. The molecule has 1 rings (SSSR count). The van der Waals surface area contributed by atoms with Crippen LogP contribution in [0.25, 0.3) is 0 Å². The van der Waals surface area contributed by atoms with Gasteiger partial charge >= 0.3 is 6.09 Å². The van der Waals surface area contributed by atoms with Gasteiger partial charge < -0.3 is 10.1 Å². The number of hydrogen-bond acceptors (Lipinski definition) is 4. The summed E-state index contributed by atoms with van der Waals surface area (Å²) in [6.45, 7) is 6.88. The Morgan fingerprint density at radius 2 is 2.00 bits per heavy atom. The van der Waals surface area contributed by atoms with Gasteiger partial charge in [-0.25, -0.2) is 4.79 Å². The predicted molar refractivity (Wildman–Crippen MR) is 67.4 cm³/mol. The lowest BCUT2D eigenvalue weighted by molar-refractivity contribution is 0.0496. The Morgan fingerprint density at radius 1 is 1.33 bits per heavy atom. The van der Waals surface area contributed by atoms with E-state index in [0.29, 0.717) is 5.69 Å². The molecule has 1 amide bonds. The first-order valence-corrected chi connectivity index (χ1v) is 5.74. The van der Waals surface area contributed by atoms with Gasteiger partial charge in [0.25, 0.3) is 0 Å². The highest BCUT2D eigenvalue weighted by Crippen LogP contribution is 2.07. The zero-order valence-corrected chi connectivity index (χ0v) is 11.1. The molecule has 1 N–H and O–H groups in total. The molecule has 0 aromatic carbocycles. The molecule has 5 heteroatoms. The molecule has 0 unspecified atom stereocenters. The Bertz CT molecular complexity index is 424. The van der Waals surface area contributed by atoms with Crippen LogP contribution in [-0.4, -0.2) is 28.5 Å². The Kier molecular flexibility index (Phi) is 4.42. The molecule has 5 nitrogen and oxygen atoms in total. The van der Waals surface area contributed by atoms with Gasteiger partial charge in [0.15, 0.2) is 0 Å². The number of hydrogen-bond donors (Lipinski definition) is 1. The van der Waals surface area contributed by atoms with Crippen molar-refractivity contribution in [2.45, 2.75) is 39.3 Å². The molecule has 0 aliphatic rings. The van der Waals surface area contributed by atoms with Gasteiger partial charge in [0.2, 0.25) is 5.78 Å². The number of carbonyl (C=O) groups is 2. The summed E-state index contributed by atoms with van der Waals surface area (Å²) in [5, 5.41) is 2.48. The lowest BCUT2D eigenvalue weighted by Crippen LogP contribution is -2.41. The third-order valence-corrected chi connectivity index (χ3v) is 2.04. The van der Waals surface area contributed by atoms with Crippen LogP contribution >= 0.6 is 0 Å². The van der Waals surface area contributed by atoms with Crippen LogP contribution in [0, 0.1) is 0 Å². The normalized spacial score (nSPS) is 12.7. The molecule has 98 valence electrons. The molecule has 0 aliphatic heterocycles. The highest BCUT2D eigenvalue weighted by molar-refractivity contribution is 5.99. The van der Waals surface area contributed by atoms with E-state index in [9.17, 15) is 9.59 Å². The van der Waals surface area contributed by atoms with Crippen LogP contribution in [-0.2, 0) is 4.74 Å². The number of carbonyl (C=O) groups excluding carboxylic acids is 2. The second-order valence-electron chi connectivity index (χ2n) is 4.95. The summed E-state index contributed by atoms with van der Waals surface area (Å²) in [7, 11) is 0. The van der Waals surface area contributed by atoms with Gasteiger partial charge in [-0.15, -0.1) is 0 Å². The van der Waals surface area contributed by atoms with Crippen LogP contribution in [0.15, 0.2) is 24.4 Å². The Labute approximate surface area is 107 Å². The Balaban J connectivity index is 2.59. The van der Waals surface area contributed by atoms with Crippen LogP contribution in [0.1, 0.15) is 38.2 Å². The zero-order chi connectivity index (χ0) is 13.8. The van der Waals surface area contributed by atoms with Crippen molar-refractivity contribution in [3.8, 4) is 0 Å². The molecule has 1 aromatic rings. The molecular formula is C13H18N2O3. The van der Waals surface area contributed by atoms with Gasteiger partial charge in [-0.1, -0.05) is 6.07 Å². The summed E-state index contributed by atoms with van der Waals surface area (Å²) in [5.41, 5.74) is -0.265. The largest absolute Gasteiger partial charge is 0.444 e. The van der Waals surface area contributed by atoms with Gasteiger partial charge in [0.1, 0.15) is 11.3 Å². The molecule has 0 saturated heterocycles. The molecule has 0 spiro atoms. The van der Waals surface area contributed by atoms with Crippen molar-refractivity contribution in [2.24, 2.45) is 0 Å². The monoisotopic (exact) mass is 250 g/mol. The van der Waals surface area contributed by atoms with Gasteiger partial charge in [-0.2, -0.15) is 0 Å². The summed E-state index contributed by atoms with van der Waals surface area (Å²) >= 11 is 0. The smallest absolute Gasteiger partial charge is 0.408 e. The van der Waals surface area contributed by atoms with Crippen LogP contribution in [0.3, 0.4) is 0 Å². The molecular weight excluding hydrogens is 232 g/mol. The van der Waals surface area contributed by atoms with Crippen LogP contribution in [0.2, 0.25) is 0 Å². The maximum absolute atomic E-state index is 11.9. The van der Waals surface area contributed by atoms with Crippen molar-refractivity contribution < 1.29 is 14.3 Å². The highest BCUT2D eigenvalue weighted by atomic mass is 16.6. The standard InChI is InChI=1S/C13H18N2O3/c1-9(15-12(17)18-13(2,3)4)11(16)10-7-5-6-8-14-10/h5-9H,1-4H3,(H,15,17)/t9-/m0/s1. The van der Waals surface area contributed by atoms with E-state index in [4.69, 9.17) is 4.74 Å². The number of nitrogens with one attached hydrogen (secondary N) is 1. The van der Waals surface area contributed by atoms with E-state index in [1.165, 1.54) is 6.20 Å². The van der Waals surface area contributed by atoms with Crippen LogP contribution in [0.5, 0.6) is 0 Å². The van der Waals surface area contributed by atoms with Crippen molar-refractivity contribution in [2.75, 3.05) is 0 Å². The number of pyridine rings is 1. The van der Waals surface area contributed by atoms with Gasteiger partial charge in [0.05, 0.1) is 6.04 Å². The van der Waals surface area contributed by atoms with E-state index in [0.717, 1.165) is 0 Å². The quantitative estimate of drug-likeness (QED) is 0.835. The average molecular weight is 250 g/mol. The number of rotatable bonds is 3. The van der Waals surface area contributed by atoms with Crippen LogP contribution in [0.4, 0.5) is 4.79 Å². The van der Waals surface area contributed by atoms with Crippen molar-refractivity contribution >= 4 is 11.9 Å². The predicted octanol–water partition coefficient (Wildman–Crippen LogP) is 2.18. The van der Waals surface area contributed by atoms with Crippen molar-refractivity contribution in [3.63, 3.8) is 0 Å². The highest BCUT2D eigenvalue weighted by Gasteiger charge is 2.22. The van der Waals surface area contributed by atoms with E-state index >= 15 is 0 Å². The number of nitrogens with zero attached hydrogens (tertiary/aromatic N) is 1. The van der Waals surface area contributed by atoms with Crippen molar-refractivity contribution in [3.05, 3.63) is 30.1 Å². The Morgan fingerprint density at radius 3 is 2.50 bits per heavy atom. The topological polar surface area (TPSA) is 68.3 Å². The van der Waals surface area contributed by atoms with E-state index in [1.807, 2.05) is 0 Å². The summed E-state index contributed by atoms with van der Waals surface area (Å²) in [6, 6.07) is 4.38. The summed E-state index contributed by atoms with van der Waals surface area (Å²) in [5.74, 6) is -0.249. The molecule has 1 aromatic heterocycles. The van der Waals surface area contributed by atoms with Gasteiger partial charge in [0, 0.05) is 6.20 Å². The summed E-state index contributed by atoms with van der Waals surface area (Å²) in [6.07, 6.45) is 0.923. The number of amides is 1. The number of ether oxygens (including phenoxy) is 1. The first-order chi connectivity index (χ1) is 8.29. The van der Waals surface area contributed by atoms with Gasteiger partial charge in [-0.05, 0) is 39.8 Å². The van der Waals surface area contributed by atoms with Crippen LogP contribution < -0.4 is 5.32 Å². The third-order valence-electron chi connectivity index (χ3n) is 2.04. The molecule has 1 atom stereocenters. The molecule has 0 radical (unpaired) electrons. The lowest BCUT2D eigenvalue weighted by Gasteiger charge is -2.21. The maximum atomic E-state index is 11.9. The van der Waals surface area contributed by atoms with Crippen molar-refractivity contribution in [1.82, 2.24) is 10.3 Å². The first kappa shape index (κ1) is 14.2. The second-order valence-corrected chi connectivity index (χ2v) is 4.95. The minimum Gasteiger partial charge on any atom is -0.444 e. The molecule has 0 saturated carbocycles. The summed E-state index contributed by atoms with van der Waals surface area (Å²) < 4.78 is 5.07. The number of ketones is 1. The van der Waals surface area contributed by atoms with E-state index in [1.54, 1.807) is 45.9 Å². The SMILES string of the molecule is C[C@H](NC(=O)OC(C)(C)C)C(=O)c1ccccn1. The molecule has 18 heavy (non-hydrogen) atoms. The van der Waals surface area contributed by atoms with E-state index < -0.39 is 17.7 Å². The molecule has 0 fully saturated rings. The minimum absolute atomic E-state index is 0.249. The average Bonchev–Trinajstić information content (AvgIpc) is 2.26. The van der Waals surface area contributed by atoms with Crippen molar-refractivity contribution in [1.29, 1.82) is 0 Å². The van der Waals surface area contributed by atoms with Gasteiger partial charge in [-0.3, -0.25) is 9.78 Å². The fourth-order valence-corrected chi connectivity index (χ4v) is 1.28. The molecule has 0 aliphatic carbocycles. The summed E-state index contributed by atoms with van der Waals surface area (Å²) in [4.78, 5) is 27.4. The third kappa shape index (κ3) is 4.53. The minimum atomic E-state index is -0.672. The first-order valence-electron chi connectivity index (χ1n) is 5.74. The zero-order valence-electron chi connectivity index (χ0n) is 11.1. The number of aromatic nitrogens is 1. The molecule has 0 bridgehead atoms. The fraction of sp³-hybridized carbons (Fsp3) is 0.462. The number of Topliss-reactive ketones (excluding diaryl/α,β-unsaturated/α-hetero) is 1. The lowest BCUT2D eigenvalue weighted by atomic mass is 10.1. The van der Waals surface area contributed by atoms with E-state index in [-0.39, 0.29) is 5.78 Å². The Hall–Kier alpha value is -1.91. The van der Waals surface area contributed by atoms with E-state index in [2.05, 4.69) is 10.3 Å². The number of alkyl carbamates (subject to hydrolysis) is 1.